The summed E-state index contributed by atoms with van der Waals surface area (Å²) in [6.45, 7) is 6.89. The van der Waals surface area contributed by atoms with Crippen LogP contribution < -0.4 is 5.56 Å². The van der Waals surface area contributed by atoms with Gasteiger partial charge in [0.15, 0.2) is 5.60 Å². The van der Waals surface area contributed by atoms with Gasteiger partial charge < -0.3 is 14.0 Å². The van der Waals surface area contributed by atoms with Crippen molar-refractivity contribution in [2.45, 2.75) is 58.4 Å². The Labute approximate surface area is 219 Å². The minimum absolute atomic E-state index is 0.00524. The van der Waals surface area contributed by atoms with Gasteiger partial charge in [-0.25, -0.2) is 14.2 Å². The largest absolute Gasteiger partial charge is 0.458 e. The number of cyclic esters (lactones) is 1. The third-order valence-electron chi connectivity index (χ3n) is 8.42. The van der Waals surface area contributed by atoms with Crippen molar-refractivity contribution in [2.75, 3.05) is 20.2 Å². The molecule has 37 heavy (non-hydrogen) atoms. The molecule has 0 saturated carbocycles. The first kappa shape index (κ1) is 24.5. The first-order valence-electron chi connectivity index (χ1n) is 12.8. The zero-order chi connectivity index (χ0) is 26.1. The second-order valence-corrected chi connectivity index (χ2v) is 10.8. The Morgan fingerprint density at radius 2 is 1.97 bits per heavy atom. The Balaban J connectivity index is 1.58. The van der Waals surface area contributed by atoms with Crippen LogP contribution >= 0.6 is 11.6 Å². The van der Waals surface area contributed by atoms with Crippen LogP contribution in [0, 0.1) is 11.7 Å². The number of halogens is 2. The van der Waals surface area contributed by atoms with E-state index in [0.717, 1.165) is 37.1 Å². The number of benzene rings is 1. The molecule has 0 N–H and O–H groups in total. The topological polar surface area (TPSA) is 73.7 Å². The zero-order valence-electron chi connectivity index (χ0n) is 21.2. The Morgan fingerprint density at radius 3 is 2.68 bits per heavy atom. The molecular formula is C28H29ClFN3O4. The lowest BCUT2D eigenvalue weighted by molar-refractivity contribution is -0.176. The van der Waals surface area contributed by atoms with Crippen LogP contribution in [0.1, 0.15) is 55.4 Å². The van der Waals surface area contributed by atoms with Crippen molar-refractivity contribution in [1.29, 1.82) is 0 Å². The molecule has 3 aromatic rings. The highest BCUT2D eigenvalue weighted by molar-refractivity contribution is 6.31. The SMILES string of the molecule is CC[C@@]1(OC)C(=O)OCc2c1cc1n(c2=O)Cc2c-1nc1cc(Cl)c(F)cc1c2CN1CCC(C)CC1. The number of nitrogens with zero attached hydrogens (tertiary/aromatic N) is 3. The summed E-state index contributed by atoms with van der Waals surface area (Å²) in [6.07, 6.45) is 2.55. The van der Waals surface area contributed by atoms with Crippen LogP contribution in [0.15, 0.2) is 23.0 Å². The van der Waals surface area contributed by atoms with E-state index in [2.05, 4.69) is 11.8 Å². The molecule has 5 heterocycles. The van der Waals surface area contributed by atoms with E-state index in [1.54, 1.807) is 10.6 Å². The predicted octanol–water partition coefficient (Wildman–Crippen LogP) is 4.76. The molecule has 3 aliphatic rings. The highest BCUT2D eigenvalue weighted by atomic mass is 35.5. The average molecular weight is 526 g/mol. The fourth-order valence-corrected chi connectivity index (χ4v) is 6.27. The van der Waals surface area contributed by atoms with Crippen LogP contribution in [0.4, 0.5) is 4.39 Å². The summed E-state index contributed by atoms with van der Waals surface area (Å²) in [5.74, 6) is -0.302. The number of carbonyl (C=O) groups is 1. The maximum Gasteiger partial charge on any atom is 0.343 e. The van der Waals surface area contributed by atoms with E-state index in [0.29, 0.717) is 58.8 Å². The number of esters is 1. The van der Waals surface area contributed by atoms with Crippen LogP contribution in [0.2, 0.25) is 5.02 Å². The van der Waals surface area contributed by atoms with Gasteiger partial charge in [0.1, 0.15) is 12.4 Å². The lowest BCUT2D eigenvalue weighted by Crippen LogP contribution is -2.45. The van der Waals surface area contributed by atoms with Crippen molar-refractivity contribution in [1.82, 2.24) is 14.5 Å². The molecule has 1 fully saturated rings. The Hall–Kier alpha value is -2.81. The third-order valence-corrected chi connectivity index (χ3v) is 8.71. The first-order chi connectivity index (χ1) is 17.8. The highest BCUT2D eigenvalue weighted by Crippen LogP contribution is 2.42. The van der Waals surface area contributed by atoms with Crippen molar-refractivity contribution < 1.29 is 18.7 Å². The fourth-order valence-electron chi connectivity index (χ4n) is 6.11. The number of aromatic nitrogens is 2. The number of pyridine rings is 2. The van der Waals surface area contributed by atoms with Gasteiger partial charge in [-0.05, 0) is 62.0 Å². The molecule has 9 heteroatoms. The van der Waals surface area contributed by atoms with Crippen molar-refractivity contribution in [3.8, 4) is 11.4 Å². The number of rotatable bonds is 4. The number of likely N-dealkylation sites (tertiary alicyclic amines) is 1. The molecule has 1 saturated heterocycles. The van der Waals surface area contributed by atoms with Gasteiger partial charge in [-0.1, -0.05) is 25.4 Å². The molecular weight excluding hydrogens is 497 g/mol. The van der Waals surface area contributed by atoms with Crippen LogP contribution in [0.3, 0.4) is 0 Å². The minimum atomic E-state index is -1.35. The average Bonchev–Trinajstić information content (AvgIpc) is 3.25. The second-order valence-electron chi connectivity index (χ2n) is 10.4. The van der Waals surface area contributed by atoms with Crippen LogP contribution in [-0.2, 0) is 39.6 Å². The van der Waals surface area contributed by atoms with Gasteiger partial charge in [0.05, 0.1) is 34.0 Å². The normalized spacial score (nSPS) is 21.6. The van der Waals surface area contributed by atoms with E-state index in [4.69, 9.17) is 26.1 Å². The lowest BCUT2D eigenvalue weighted by Gasteiger charge is -2.35. The third kappa shape index (κ3) is 3.64. The molecule has 0 unspecified atom stereocenters. The number of carbonyl (C=O) groups excluding carboxylic acids is 1. The van der Waals surface area contributed by atoms with Crippen molar-refractivity contribution in [2.24, 2.45) is 5.92 Å². The molecule has 7 nitrogen and oxygen atoms in total. The summed E-state index contributed by atoms with van der Waals surface area (Å²) in [7, 11) is 1.46. The number of piperidine rings is 1. The maximum absolute atomic E-state index is 14.7. The van der Waals surface area contributed by atoms with Gasteiger partial charge in [0, 0.05) is 30.2 Å². The monoisotopic (exact) mass is 525 g/mol. The van der Waals surface area contributed by atoms with E-state index in [1.165, 1.54) is 13.2 Å². The standard InChI is InChI=1S/C28H29ClFN3O4/c1-4-28(36-3)20-10-24-25-18(13-33(24)26(34)19(20)14-37-27(28)35)17(12-32-7-5-15(2)6-8-32)16-9-22(30)21(29)11-23(16)31-25/h9-11,15H,4-8,12-14H2,1-3H3/t28-/m0/s1. The fraction of sp³-hybridized carbons (Fsp3) is 0.464. The van der Waals surface area contributed by atoms with Gasteiger partial charge in [0.2, 0.25) is 0 Å². The van der Waals surface area contributed by atoms with Crippen molar-refractivity contribution in [3.63, 3.8) is 0 Å². The molecule has 0 bridgehead atoms. The molecule has 2 aromatic heterocycles. The van der Waals surface area contributed by atoms with E-state index in [9.17, 15) is 14.0 Å². The minimum Gasteiger partial charge on any atom is -0.458 e. The van der Waals surface area contributed by atoms with Gasteiger partial charge in [-0.2, -0.15) is 0 Å². The summed E-state index contributed by atoms with van der Waals surface area (Å²) < 4.78 is 27.4. The summed E-state index contributed by atoms with van der Waals surface area (Å²) in [5, 5.41) is 0.717. The quantitative estimate of drug-likeness (QED) is 0.358. The number of fused-ring (bicyclic) bond motifs is 5. The number of ether oxygens (including phenoxy) is 2. The number of hydrogen-bond acceptors (Lipinski definition) is 6. The van der Waals surface area contributed by atoms with Crippen molar-refractivity contribution >= 4 is 28.5 Å². The maximum atomic E-state index is 14.7. The molecule has 0 amide bonds. The lowest BCUT2D eigenvalue weighted by atomic mass is 9.85. The summed E-state index contributed by atoms with van der Waals surface area (Å²) >= 11 is 6.16. The van der Waals surface area contributed by atoms with Gasteiger partial charge in [0.25, 0.3) is 5.56 Å². The molecule has 0 radical (unpaired) electrons. The molecule has 3 aliphatic heterocycles. The molecule has 1 aromatic carbocycles. The zero-order valence-corrected chi connectivity index (χ0v) is 22.0. The van der Waals surface area contributed by atoms with E-state index in [1.807, 2.05) is 13.0 Å². The summed E-state index contributed by atoms with van der Waals surface area (Å²) in [5.41, 5.74) is 3.12. The Bertz CT molecular complexity index is 1510. The van der Waals surface area contributed by atoms with Gasteiger partial charge in [-0.15, -0.1) is 0 Å². The Morgan fingerprint density at radius 1 is 1.22 bits per heavy atom. The molecule has 0 spiro atoms. The summed E-state index contributed by atoms with van der Waals surface area (Å²) in [4.78, 5) is 33.8. The smallest absolute Gasteiger partial charge is 0.343 e. The van der Waals surface area contributed by atoms with Crippen LogP contribution in [0.25, 0.3) is 22.3 Å². The van der Waals surface area contributed by atoms with Gasteiger partial charge >= 0.3 is 5.97 Å². The predicted molar refractivity (Wildman–Crippen MR) is 138 cm³/mol. The molecule has 194 valence electrons. The molecule has 1 atom stereocenters. The first-order valence-corrected chi connectivity index (χ1v) is 13.2. The number of methoxy groups -OCH3 is 1. The van der Waals surface area contributed by atoms with Crippen molar-refractivity contribution in [3.05, 3.63) is 61.6 Å². The van der Waals surface area contributed by atoms with Crippen LogP contribution in [0.5, 0.6) is 0 Å². The Kier molecular flexibility index (Phi) is 5.89. The number of hydrogen-bond donors (Lipinski definition) is 0. The highest BCUT2D eigenvalue weighted by Gasteiger charge is 2.47. The van der Waals surface area contributed by atoms with Crippen LogP contribution in [-0.4, -0.2) is 40.6 Å². The van der Waals surface area contributed by atoms with E-state index < -0.39 is 17.4 Å². The second kappa shape index (κ2) is 8.89. The molecule has 6 rings (SSSR count). The summed E-state index contributed by atoms with van der Waals surface area (Å²) in [6, 6.07) is 4.87. The van der Waals surface area contributed by atoms with E-state index >= 15 is 0 Å². The van der Waals surface area contributed by atoms with Gasteiger partial charge in [-0.3, -0.25) is 9.69 Å². The molecule has 0 aliphatic carbocycles. The van der Waals surface area contributed by atoms with E-state index in [-0.39, 0.29) is 17.2 Å².